The standard InChI is InChI=1S/C31H32ClN5O3S/c1-23-21-35(18-19-36(23)29(39)22-40-27-11-6-3-7-12-27)28(38)13-8-20-41-31-34-33-30(24-14-16-25(32)17-15-24)37(31)26-9-4-2-5-10-26/h2-7,9-12,14-17,23H,8,13,18-22H2,1H3. The molecule has 10 heteroatoms. The van der Waals surface area contributed by atoms with Crippen LogP contribution in [0.5, 0.6) is 5.75 Å². The molecule has 2 heterocycles. The van der Waals surface area contributed by atoms with E-state index in [1.54, 1.807) is 16.7 Å². The highest BCUT2D eigenvalue weighted by molar-refractivity contribution is 7.99. The molecule has 0 bridgehead atoms. The predicted octanol–water partition coefficient (Wildman–Crippen LogP) is 5.60. The molecule has 3 aromatic carbocycles. The first-order valence-corrected chi connectivity index (χ1v) is 15.0. The van der Waals surface area contributed by atoms with Crippen LogP contribution in [-0.4, -0.2) is 74.4 Å². The van der Waals surface area contributed by atoms with Crippen LogP contribution in [0.1, 0.15) is 19.8 Å². The van der Waals surface area contributed by atoms with Crippen molar-refractivity contribution in [1.82, 2.24) is 24.6 Å². The van der Waals surface area contributed by atoms with E-state index in [-0.39, 0.29) is 24.5 Å². The van der Waals surface area contributed by atoms with Crippen molar-refractivity contribution in [2.45, 2.75) is 31.0 Å². The molecule has 1 unspecified atom stereocenters. The van der Waals surface area contributed by atoms with Gasteiger partial charge in [0.05, 0.1) is 0 Å². The molecule has 1 aromatic heterocycles. The summed E-state index contributed by atoms with van der Waals surface area (Å²) >= 11 is 7.67. The molecule has 0 N–H and O–H groups in total. The molecular weight excluding hydrogens is 558 g/mol. The zero-order valence-electron chi connectivity index (χ0n) is 22.9. The third-order valence-electron chi connectivity index (χ3n) is 6.92. The fraction of sp³-hybridized carbons (Fsp3) is 0.290. The number of hydrogen-bond donors (Lipinski definition) is 0. The van der Waals surface area contributed by atoms with Gasteiger partial charge in [0.15, 0.2) is 17.6 Å². The second-order valence-corrected chi connectivity index (χ2v) is 11.3. The molecule has 4 aromatic rings. The average molecular weight is 590 g/mol. The van der Waals surface area contributed by atoms with E-state index in [0.29, 0.717) is 43.2 Å². The molecule has 212 valence electrons. The Kier molecular flexibility index (Phi) is 9.59. The van der Waals surface area contributed by atoms with Crippen molar-refractivity contribution in [2.75, 3.05) is 32.0 Å². The first kappa shape index (κ1) is 28.7. The number of carbonyl (C=O) groups excluding carboxylic acids is 2. The van der Waals surface area contributed by atoms with E-state index in [2.05, 4.69) is 10.2 Å². The van der Waals surface area contributed by atoms with Crippen LogP contribution in [0.25, 0.3) is 17.1 Å². The van der Waals surface area contributed by atoms with Gasteiger partial charge in [0, 0.05) is 54.1 Å². The van der Waals surface area contributed by atoms with Crippen LogP contribution in [-0.2, 0) is 9.59 Å². The Morgan fingerprint density at radius 1 is 0.927 bits per heavy atom. The lowest BCUT2D eigenvalue weighted by molar-refractivity contribution is -0.143. The van der Waals surface area contributed by atoms with Crippen molar-refractivity contribution in [3.63, 3.8) is 0 Å². The van der Waals surface area contributed by atoms with E-state index in [9.17, 15) is 9.59 Å². The van der Waals surface area contributed by atoms with Crippen LogP contribution >= 0.6 is 23.4 Å². The summed E-state index contributed by atoms with van der Waals surface area (Å²) in [4.78, 5) is 29.4. The van der Waals surface area contributed by atoms with Crippen molar-refractivity contribution in [2.24, 2.45) is 0 Å². The molecule has 1 aliphatic heterocycles. The summed E-state index contributed by atoms with van der Waals surface area (Å²) in [7, 11) is 0. The Hall–Kier alpha value is -3.82. The summed E-state index contributed by atoms with van der Waals surface area (Å²) in [6, 6.07) is 26.8. The highest BCUT2D eigenvalue weighted by Gasteiger charge is 2.29. The number of carbonyl (C=O) groups is 2. The number of rotatable bonds is 10. The monoisotopic (exact) mass is 589 g/mol. The summed E-state index contributed by atoms with van der Waals surface area (Å²) in [5.74, 6) is 2.18. The van der Waals surface area contributed by atoms with Gasteiger partial charge in [0.1, 0.15) is 5.75 Å². The number of aromatic nitrogens is 3. The van der Waals surface area contributed by atoms with Gasteiger partial charge in [0.2, 0.25) is 5.91 Å². The maximum absolute atomic E-state index is 13.0. The van der Waals surface area contributed by atoms with Crippen LogP contribution in [0, 0.1) is 0 Å². The molecule has 41 heavy (non-hydrogen) atoms. The van der Waals surface area contributed by atoms with Crippen molar-refractivity contribution in [3.05, 3.63) is 90.0 Å². The second kappa shape index (κ2) is 13.7. The topological polar surface area (TPSA) is 80.6 Å². The predicted molar refractivity (Wildman–Crippen MR) is 161 cm³/mol. The van der Waals surface area contributed by atoms with Crippen molar-refractivity contribution < 1.29 is 14.3 Å². The van der Waals surface area contributed by atoms with Crippen molar-refractivity contribution in [1.29, 1.82) is 0 Å². The lowest BCUT2D eigenvalue weighted by atomic mass is 10.1. The maximum Gasteiger partial charge on any atom is 0.260 e. The number of benzene rings is 3. The Labute approximate surface area is 249 Å². The number of halogens is 1. The Balaban J connectivity index is 1.12. The van der Waals surface area contributed by atoms with Gasteiger partial charge >= 0.3 is 0 Å². The number of hydrogen-bond acceptors (Lipinski definition) is 6. The van der Waals surface area contributed by atoms with Gasteiger partial charge in [0.25, 0.3) is 5.91 Å². The molecule has 0 radical (unpaired) electrons. The van der Waals surface area contributed by atoms with E-state index in [1.165, 1.54) is 0 Å². The molecule has 0 aliphatic carbocycles. The molecule has 2 amide bonds. The SMILES string of the molecule is CC1CN(C(=O)CCCSc2nnc(-c3ccc(Cl)cc3)n2-c2ccccc2)CCN1C(=O)COc1ccccc1. The molecule has 5 rings (SSSR count). The largest absolute Gasteiger partial charge is 0.484 e. The summed E-state index contributed by atoms with van der Waals surface area (Å²) in [5, 5.41) is 10.4. The van der Waals surface area contributed by atoms with Gasteiger partial charge in [-0.05, 0) is 61.9 Å². The van der Waals surface area contributed by atoms with E-state index in [0.717, 1.165) is 28.0 Å². The van der Waals surface area contributed by atoms with E-state index < -0.39 is 0 Å². The number of ether oxygens (including phenoxy) is 1. The zero-order chi connectivity index (χ0) is 28.6. The van der Waals surface area contributed by atoms with Crippen LogP contribution in [0.15, 0.2) is 90.1 Å². The van der Waals surface area contributed by atoms with Crippen molar-refractivity contribution >= 4 is 35.2 Å². The molecule has 1 fully saturated rings. The Morgan fingerprint density at radius 2 is 1.63 bits per heavy atom. The van der Waals surface area contributed by atoms with E-state index in [4.69, 9.17) is 16.3 Å². The lowest BCUT2D eigenvalue weighted by Gasteiger charge is -2.39. The van der Waals surface area contributed by atoms with Gasteiger partial charge in [-0.1, -0.05) is 59.8 Å². The molecule has 0 saturated carbocycles. The van der Waals surface area contributed by atoms with Gasteiger partial charge < -0.3 is 14.5 Å². The number of piperazine rings is 1. The molecule has 8 nitrogen and oxygen atoms in total. The maximum atomic E-state index is 13.0. The molecule has 0 spiro atoms. The minimum absolute atomic E-state index is 0.00709. The molecule has 1 aliphatic rings. The van der Waals surface area contributed by atoms with Crippen LogP contribution < -0.4 is 4.74 Å². The van der Waals surface area contributed by atoms with Crippen LogP contribution in [0.2, 0.25) is 5.02 Å². The normalized spacial score (nSPS) is 15.1. The Bertz CT molecular complexity index is 1450. The fourth-order valence-electron chi connectivity index (χ4n) is 4.80. The minimum Gasteiger partial charge on any atom is -0.484 e. The van der Waals surface area contributed by atoms with Crippen LogP contribution in [0.4, 0.5) is 0 Å². The van der Waals surface area contributed by atoms with E-state index in [1.807, 2.05) is 101 Å². The number of nitrogens with zero attached hydrogens (tertiary/aromatic N) is 5. The first-order valence-electron chi connectivity index (χ1n) is 13.6. The van der Waals surface area contributed by atoms with Gasteiger partial charge in [-0.3, -0.25) is 14.2 Å². The number of thioether (sulfide) groups is 1. The number of amides is 2. The zero-order valence-corrected chi connectivity index (χ0v) is 24.4. The summed E-state index contributed by atoms with van der Waals surface area (Å²) in [6.07, 6.45) is 1.15. The van der Waals surface area contributed by atoms with E-state index >= 15 is 0 Å². The Morgan fingerprint density at radius 3 is 2.34 bits per heavy atom. The lowest BCUT2D eigenvalue weighted by Crippen LogP contribution is -2.56. The van der Waals surface area contributed by atoms with Crippen LogP contribution in [0.3, 0.4) is 0 Å². The summed E-state index contributed by atoms with van der Waals surface area (Å²) in [6.45, 7) is 3.53. The third-order valence-corrected chi connectivity index (χ3v) is 8.19. The fourth-order valence-corrected chi connectivity index (χ4v) is 5.82. The van der Waals surface area contributed by atoms with Gasteiger partial charge in [-0.15, -0.1) is 10.2 Å². The molecule has 1 saturated heterocycles. The first-order chi connectivity index (χ1) is 20.0. The summed E-state index contributed by atoms with van der Waals surface area (Å²) < 4.78 is 7.66. The second-order valence-electron chi connectivity index (χ2n) is 9.81. The quantitative estimate of drug-likeness (QED) is 0.177. The average Bonchev–Trinajstić information content (AvgIpc) is 3.43. The molecular formula is C31H32ClN5O3S. The highest BCUT2D eigenvalue weighted by atomic mass is 35.5. The smallest absolute Gasteiger partial charge is 0.260 e. The number of para-hydroxylation sites is 2. The van der Waals surface area contributed by atoms with Crippen molar-refractivity contribution in [3.8, 4) is 22.8 Å². The van der Waals surface area contributed by atoms with Gasteiger partial charge in [-0.2, -0.15) is 0 Å². The van der Waals surface area contributed by atoms with Gasteiger partial charge in [-0.25, -0.2) is 0 Å². The summed E-state index contributed by atoms with van der Waals surface area (Å²) in [5.41, 5.74) is 1.89. The minimum atomic E-state index is -0.0651. The highest BCUT2D eigenvalue weighted by Crippen LogP contribution is 2.29. The molecule has 1 atom stereocenters. The third kappa shape index (κ3) is 7.28.